The number of esters is 1. The zero-order chi connectivity index (χ0) is 48.8. The second-order valence-electron chi connectivity index (χ2n) is 19.8. The van der Waals surface area contributed by atoms with Gasteiger partial charge in [0.05, 0.1) is 25.2 Å². The first-order valence-corrected chi connectivity index (χ1v) is 29.1. The van der Waals surface area contributed by atoms with Gasteiger partial charge in [-0.1, -0.05) is 261 Å². The van der Waals surface area contributed by atoms with Crippen molar-refractivity contribution in [3.8, 4) is 0 Å². The summed E-state index contributed by atoms with van der Waals surface area (Å²) in [5.74, 6) is -0.500. The lowest BCUT2D eigenvalue weighted by atomic mass is 10.0. The fraction of sp³-hybridized carbons (Fsp3) is 0.803. The number of allylic oxidation sites excluding steroid dienone is 10. The number of amides is 1. The van der Waals surface area contributed by atoms with E-state index >= 15 is 0 Å². The Morgan fingerprint density at radius 2 is 0.776 bits per heavy atom. The van der Waals surface area contributed by atoms with Crippen molar-refractivity contribution >= 4 is 11.9 Å². The number of aliphatic hydroxyl groups excluding tert-OH is 2. The van der Waals surface area contributed by atoms with Gasteiger partial charge in [-0.3, -0.25) is 9.59 Å². The van der Waals surface area contributed by atoms with Crippen LogP contribution in [0.2, 0.25) is 0 Å². The van der Waals surface area contributed by atoms with Gasteiger partial charge in [0, 0.05) is 6.42 Å². The molecule has 0 spiro atoms. The second-order valence-corrected chi connectivity index (χ2v) is 19.8. The molecule has 0 bridgehead atoms. The van der Waals surface area contributed by atoms with E-state index in [9.17, 15) is 19.8 Å². The van der Waals surface area contributed by atoms with Gasteiger partial charge in [0.1, 0.15) is 6.10 Å². The van der Waals surface area contributed by atoms with Crippen molar-refractivity contribution in [1.29, 1.82) is 0 Å². The Morgan fingerprint density at radius 1 is 0.433 bits per heavy atom. The number of unbranched alkanes of at least 4 members (excludes halogenated alkanes) is 33. The summed E-state index contributed by atoms with van der Waals surface area (Å²) in [6, 6.07) is -0.711. The molecule has 0 aromatic carbocycles. The molecule has 6 nitrogen and oxygen atoms in total. The molecule has 0 fully saturated rings. The van der Waals surface area contributed by atoms with E-state index in [1.165, 1.54) is 154 Å². The summed E-state index contributed by atoms with van der Waals surface area (Å²) in [6.07, 6.45) is 68.5. The number of rotatable bonds is 52. The molecular formula is C61H111NO5. The average molecular weight is 939 g/mol. The van der Waals surface area contributed by atoms with Crippen LogP contribution in [0.4, 0.5) is 0 Å². The molecule has 0 saturated carbocycles. The highest BCUT2D eigenvalue weighted by atomic mass is 16.5. The predicted molar refractivity (Wildman–Crippen MR) is 292 cm³/mol. The molecule has 0 aromatic rings. The Bertz CT molecular complexity index is 1190. The maximum absolute atomic E-state index is 13.3. The number of carbonyl (C=O) groups is 2. The Labute approximate surface area is 416 Å². The van der Waals surface area contributed by atoms with Crippen LogP contribution in [-0.2, 0) is 14.3 Å². The maximum Gasteiger partial charge on any atom is 0.306 e. The SMILES string of the molecule is CCCCC/C=C/C=C/C=C/C=C/CCCCCCCC(=O)OC(CCCCCCC/C=C/CCCCCCCC)CC(=O)NC(CO)C(O)CCCCCCCCCCCCCCCCC. The monoisotopic (exact) mass is 938 g/mol. The van der Waals surface area contributed by atoms with E-state index < -0.39 is 18.2 Å². The number of hydrogen-bond donors (Lipinski definition) is 3. The van der Waals surface area contributed by atoms with Crippen LogP contribution in [0.25, 0.3) is 0 Å². The van der Waals surface area contributed by atoms with Gasteiger partial charge in [-0.2, -0.15) is 0 Å². The Morgan fingerprint density at radius 3 is 1.22 bits per heavy atom. The second kappa shape index (κ2) is 54.5. The third-order valence-corrected chi connectivity index (χ3v) is 13.2. The average Bonchev–Trinajstić information content (AvgIpc) is 3.32. The molecular weight excluding hydrogens is 827 g/mol. The Hall–Kier alpha value is -2.44. The maximum atomic E-state index is 13.3. The number of nitrogens with one attached hydrogen (secondary N) is 1. The number of hydrogen-bond acceptors (Lipinski definition) is 5. The molecule has 3 N–H and O–H groups in total. The zero-order valence-electron chi connectivity index (χ0n) is 44.5. The van der Waals surface area contributed by atoms with Crippen LogP contribution in [0.15, 0.2) is 60.8 Å². The van der Waals surface area contributed by atoms with Crippen LogP contribution in [0, 0.1) is 0 Å². The first-order valence-electron chi connectivity index (χ1n) is 29.1. The highest BCUT2D eigenvalue weighted by Gasteiger charge is 2.24. The van der Waals surface area contributed by atoms with Gasteiger partial charge < -0.3 is 20.3 Å². The lowest BCUT2D eigenvalue weighted by Crippen LogP contribution is -2.46. The molecule has 0 radical (unpaired) electrons. The zero-order valence-corrected chi connectivity index (χ0v) is 44.5. The molecule has 0 aliphatic rings. The molecule has 3 unspecified atom stereocenters. The number of aliphatic hydroxyl groups is 2. The van der Waals surface area contributed by atoms with E-state index in [2.05, 4.69) is 86.8 Å². The lowest BCUT2D eigenvalue weighted by molar-refractivity contribution is -0.151. The summed E-state index contributed by atoms with van der Waals surface area (Å²) in [5, 5.41) is 23.9. The molecule has 0 aliphatic carbocycles. The minimum absolute atomic E-state index is 0.0620. The minimum Gasteiger partial charge on any atom is -0.462 e. The van der Waals surface area contributed by atoms with Crippen molar-refractivity contribution in [3.05, 3.63) is 60.8 Å². The molecule has 0 saturated heterocycles. The van der Waals surface area contributed by atoms with Gasteiger partial charge in [0.2, 0.25) is 5.91 Å². The standard InChI is InChI=1S/C61H111NO5/c1-4-7-10-13-16-19-22-25-28-29-30-33-36-39-42-45-48-51-54-61(66)67-57(52-49-46-43-40-37-34-31-26-23-20-17-14-11-8-5-2)55-60(65)62-58(56-63)59(64)53-50-47-44-41-38-35-32-27-24-21-18-15-12-9-6-3/h16,19,22,25-26,28-31,33,57-59,63-64H,4-15,17-18,20-21,23-24,27,32,34-56H2,1-3H3,(H,62,65)/b19-16+,25-22+,29-28+,31-26+,33-30+. The highest BCUT2D eigenvalue weighted by molar-refractivity contribution is 5.77. The van der Waals surface area contributed by atoms with Gasteiger partial charge in [0.15, 0.2) is 0 Å². The van der Waals surface area contributed by atoms with Crippen LogP contribution >= 0.6 is 0 Å². The molecule has 0 aliphatic heterocycles. The van der Waals surface area contributed by atoms with Crippen LogP contribution < -0.4 is 5.32 Å². The highest BCUT2D eigenvalue weighted by Crippen LogP contribution is 2.18. The molecule has 6 heteroatoms. The lowest BCUT2D eigenvalue weighted by Gasteiger charge is -2.24. The summed E-state index contributed by atoms with van der Waals surface area (Å²) >= 11 is 0. The Kier molecular flexibility index (Phi) is 52.5. The fourth-order valence-corrected chi connectivity index (χ4v) is 8.73. The summed E-state index contributed by atoms with van der Waals surface area (Å²) in [7, 11) is 0. The van der Waals surface area contributed by atoms with Crippen LogP contribution in [0.1, 0.15) is 290 Å². The van der Waals surface area contributed by atoms with Gasteiger partial charge in [0.25, 0.3) is 0 Å². The van der Waals surface area contributed by atoms with Gasteiger partial charge in [-0.05, 0) is 77.0 Å². The first-order chi connectivity index (χ1) is 33.0. The third kappa shape index (κ3) is 49.8. The Balaban J connectivity index is 4.61. The van der Waals surface area contributed by atoms with Crippen molar-refractivity contribution in [2.75, 3.05) is 6.61 Å². The van der Waals surface area contributed by atoms with E-state index in [4.69, 9.17) is 4.74 Å². The van der Waals surface area contributed by atoms with Crippen molar-refractivity contribution in [3.63, 3.8) is 0 Å². The van der Waals surface area contributed by atoms with Crippen molar-refractivity contribution in [1.82, 2.24) is 5.32 Å². The topological polar surface area (TPSA) is 95.9 Å². The van der Waals surface area contributed by atoms with Crippen LogP contribution in [-0.4, -0.2) is 46.9 Å². The minimum atomic E-state index is -0.796. The summed E-state index contributed by atoms with van der Waals surface area (Å²) in [4.78, 5) is 26.3. The van der Waals surface area contributed by atoms with E-state index in [0.29, 0.717) is 19.3 Å². The summed E-state index contributed by atoms with van der Waals surface area (Å²) < 4.78 is 5.95. The molecule has 390 valence electrons. The molecule has 1 amide bonds. The summed E-state index contributed by atoms with van der Waals surface area (Å²) in [5.41, 5.74) is 0. The van der Waals surface area contributed by atoms with Crippen LogP contribution in [0.5, 0.6) is 0 Å². The predicted octanol–water partition coefficient (Wildman–Crippen LogP) is 18.0. The van der Waals surface area contributed by atoms with E-state index in [-0.39, 0.29) is 24.9 Å². The van der Waals surface area contributed by atoms with Crippen molar-refractivity contribution in [2.45, 2.75) is 309 Å². The van der Waals surface area contributed by atoms with Crippen molar-refractivity contribution < 1.29 is 24.5 Å². The molecule has 3 atom stereocenters. The molecule has 67 heavy (non-hydrogen) atoms. The normalized spacial score (nSPS) is 13.6. The number of carbonyl (C=O) groups excluding carboxylic acids is 2. The van der Waals surface area contributed by atoms with E-state index in [0.717, 1.165) is 89.9 Å². The fourth-order valence-electron chi connectivity index (χ4n) is 8.73. The smallest absolute Gasteiger partial charge is 0.306 e. The first kappa shape index (κ1) is 64.6. The van der Waals surface area contributed by atoms with Crippen molar-refractivity contribution in [2.24, 2.45) is 0 Å². The van der Waals surface area contributed by atoms with E-state index in [1.807, 2.05) is 0 Å². The number of ether oxygens (including phenoxy) is 1. The van der Waals surface area contributed by atoms with Crippen LogP contribution in [0.3, 0.4) is 0 Å². The molecule has 0 rings (SSSR count). The van der Waals surface area contributed by atoms with E-state index in [1.54, 1.807) is 0 Å². The molecule has 0 aromatic heterocycles. The van der Waals surface area contributed by atoms with Gasteiger partial charge >= 0.3 is 5.97 Å². The quantitative estimate of drug-likeness (QED) is 0.0244. The van der Waals surface area contributed by atoms with Gasteiger partial charge in [-0.25, -0.2) is 0 Å². The molecule has 0 heterocycles. The van der Waals surface area contributed by atoms with Gasteiger partial charge in [-0.15, -0.1) is 0 Å². The largest absolute Gasteiger partial charge is 0.462 e. The third-order valence-electron chi connectivity index (χ3n) is 13.2. The summed E-state index contributed by atoms with van der Waals surface area (Å²) in [6.45, 7) is 6.46.